The SMILES string of the molecule is Cc1ccc([N+](=O)[O-])cc1S(=O)(=O)N1CCN(Cc2cccc(F)c2)CC1. The highest BCUT2D eigenvalue weighted by molar-refractivity contribution is 7.89. The molecule has 0 amide bonds. The fourth-order valence-corrected chi connectivity index (χ4v) is 4.81. The van der Waals surface area contributed by atoms with Gasteiger partial charge in [-0.25, -0.2) is 12.8 Å². The Bertz CT molecular complexity index is 957. The van der Waals surface area contributed by atoms with E-state index in [9.17, 15) is 22.9 Å². The fourth-order valence-electron chi connectivity index (χ4n) is 3.14. The molecule has 1 saturated heterocycles. The summed E-state index contributed by atoms with van der Waals surface area (Å²) in [6.07, 6.45) is 0. The van der Waals surface area contributed by atoms with Crippen molar-refractivity contribution in [2.75, 3.05) is 26.2 Å². The monoisotopic (exact) mass is 393 g/mol. The average Bonchev–Trinajstić information content (AvgIpc) is 2.62. The largest absolute Gasteiger partial charge is 0.296 e. The highest BCUT2D eigenvalue weighted by Gasteiger charge is 2.30. The minimum atomic E-state index is -3.81. The van der Waals surface area contributed by atoms with Gasteiger partial charge in [0.2, 0.25) is 10.0 Å². The molecule has 0 atom stereocenters. The van der Waals surface area contributed by atoms with Crippen LogP contribution in [0.5, 0.6) is 0 Å². The van der Waals surface area contributed by atoms with Gasteiger partial charge in [0.1, 0.15) is 5.82 Å². The van der Waals surface area contributed by atoms with Crippen molar-refractivity contribution in [1.29, 1.82) is 0 Å². The van der Waals surface area contributed by atoms with E-state index in [4.69, 9.17) is 0 Å². The summed E-state index contributed by atoms with van der Waals surface area (Å²) in [7, 11) is -3.81. The first kappa shape index (κ1) is 19.4. The van der Waals surface area contributed by atoms with Crippen LogP contribution in [0.1, 0.15) is 11.1 Å². The number of hydrogen-bond acceptors (Lipinski definition) is 5. The molecule has 1 heterocycles. The lowest BCUT2D eigenvalue weighted by Gasteiger charge is -2.34. The van der Waals surface area contributed by atoms with Gasteiger partial charge in [0.15, 0.2) is 0 Å². The van der Waals surface area contributed by atoms with E-state index in [0.717, 1.165) is 11.6 Å². The van der Waals surface area contributed by atoms with Crippen LogP contribution in [0.2, 0.25) is 0 Å². The molecule has 2 aromatic rings. The van der Waals surface area contributed by atoms with Crippen LogP contribution in [-0.4, -0.2) is 48.7 Å². The number of nitro benzene ring substituents is 1. The van der Waals surface area contributed by atoms with Gasteiger partial charge in [0.25, 0.3) is 5.69 Å². The van der Waals surface area contributed by atoms with Gasteiger partial charge in [-0.3, -0.25) is 15.0 Å². The van der Waals surface area contributed by atoms with Crippen molar-refractivity contribution < 1.29 is 17.7 Å². The van der Waals surface area contributed by atoms with E-state index >= 15 is 0 Å². The van der Waals surface area contributed by atoms with Crippen molar-refractivity contribution in [3.8, 4) is 0 Å². The van der Waals surface area contributed by atoms with Gasteiger partial charge >= 0.3 is 0 Å². The standard InChI is InChI=1S/C18H20FN3O4S/c1-14-5-6-17(22(23)24)12-18(14)27(25,26)21-9-7-20(8-10-21)13-15-3-2-4-16(19)11-15/h2-6,11-12H,7-10,13H2,1H3. The van der Waals surface area contributed by atoms with Gasteiger partial charge in [-0.2, -0.15) is 4.31 Å². The van der Waals surface area contributed by atoms with E-state index in [-0.39, 0.29) is 29.5 Å². The van der Waals surface area contributed by atoms with Crippen molar-refractivity contribution in [2.24, 2.45) is 0 Å². The Morgan fingerprint density at radius 1 is 1.11 bits per heavy atom. The summed E-state index contributed by atoms with van der Waals surface area (Å²) in [5.74, 6) is -0.296. The van der Waals surface area contributed by atoms with Crippen LogP contribution < -0.4 is 0 Å². The number of nitro groups is 1. The zero-order valence-electron chi connectivity index (χ0n) is 14.8. The number of aryl methyl sites for hydroxylation is 1. The number of hydrogen-bond donors (Lipinski definition) is 0. The number of benzene rings is 2. The quantitative estimate of drug-likeness (QED) is 0.576. The normalized spacial score (nSPS) is 16.4. The molecule has 1 aliphatic rings. The topological polar surface area (TPSA) is 83.8 Å². The Morgan fingerprint density at radius 2 is 1.81 bits per heavy atom. The second-order valence-corrected chi connectivity index (χ2v) is 8.42. The maximum Gasteiger partial charge on any atom is 0.270 e. The van der Waals surface area contributed by atoms with Crippen LogP contribution in [-0.2, 0) is 16.6 Å². The third kappa shape index (κ3) is 4.32. The van der Waals surface area contributed by atoms with Crippen molar-refractivity contribution in [1.82, 2.24) is 9.21 Å². The second kappa shape index (κ2) is 7.71. The molecule has 1 aliphatic heterocycles. The molecule has 0 aliphatic carbocycles. The molecule has 1 fully saturated rings. The molecular formula is C18H20FN3O4S. The maximum atomic E-state index is 13.3. The van der Waals surface area contributed by atoms with Gasteiger partial charge in [-0.15, -0.1) is 0 Å². The predicted molar refractivity (Wildman–Crippen MR) is 98.3 cm³/mol. The molecule has 0 N–H and O–H groups in total. The van der Waals surface area contributed by atoms with E-state index in [2.05, 4.69) is 4.90 Å². The molecule has 0 spiro atoms. The van der Waals surface area contributed by atoms with Crippen LogP contribution in [0, 0.1) is 22.9 Å². The van der Waals surface area contributed by atoms with Crippen molar-refractivity contribution in [2.45, 2.75) is 18.4 Å². The lowest BCUT2D eigenvalue weighted by atomic mass is 10.2. The molecule has 0 unspecified atom stereocenters. The highest BCUT2D eigenvalue weighted by Crippen LogP contribution is 2.25. The van der Waals surface area contributed by atoms with Crippen molar-refractivity contribution >= 4 is 15.7 Å². The van der Waals surface area contributed by atoms with Crippen LogP contribution in [0.25, 0.3) is 0 Å². The third-order valence-corrected chi connectivity index (χ3v) is 6.67. The molecule has 0 aromatic heterocycles. The number of rotatable bonds is 5. The molecular weight excluding hydrogens is 373 g/mol. The summed E-state index contributed by atoms with van der Waals surface area (Å²) in [5, 5.41) is 11.0. The van der Waals surface area contributed by atoms with Gasteiger partial charge in [-0.1, -0.05) is 18.2 Å². The number of nitrogens with zero attached hydrogens (tertiary/aromatic N) is 3. The first-order valence-corrected chi connectivity index (χ1v) is 9.93. The van der Waals surface area contributed by atoms with E-state index in [1.807, 2.05) is 6.07 Å². The van der Waals surface area contributed by atoms with E-state index in [1.165, 1.54) is 28.6 Å². The Labute approximate surface area is 157 Å². The molecule has 144 valence electrons. The van der Waals surface area contributed by atoms with Crippen LogP contribution in [0.4, 0.5) is 10.1 Å². The van der Waals surface area contributed by atoms with Crippen LogP contribution >= 0.6 is 0 Å². The Hall–Kier alpha value is -2.36. The number of non-ortho nitro benzene ring substituents is 1. The number of piperazine rings is 1. The molecule has 27 heavy (non-hydrogen) atoms. The lowest BCUT2D eigenvalue weighted by molar-refractivity contribution is -0.385. The summed E-state index contributed by atoms with van der Waals surface area (Å²) < 4.78 is 40.5. The molecule has 7 nitrogen and oxygen atoms in total. The van der Waals surface area contributed by atoms with Crippen LogP contribution in [0.3, 0.4) is 0 Å². The number of sulfonamides is 1. The van der Waals surface area contributed by atoms with E-state index < -0.39 is 14.9 Å². The summed E-state index contributed by atoms with van der Waals surface area (Å²) in [6, 6.07) is 10.2. The zero-order valence-corrected chi connectivity index (χ0v) is 15.7. The zero-order chi connectivity index (χ0) is 19.6. The Kier molecular flexibility index (Phi) is 5.54. The van der Waals surface area contributed by atoms with Gasteiger partial charge in [0, 0.05) is 44.9 Å². The van der Waals surface area contributed by atoms with Crippen molar-refractivity contribution in [3.05, 3.63) is 69.5 Å². The smallest absolute Gasteiger partial charge is 0.270 e. The first-order valence-electron chi connectivity index (χ1n) is 8.49. The van der Waals surface area contributed by atoms with Crippen molar-refractivity contribution in [3.63, 3.8) is 0 Å². The minimum Gasteiger partial charge on any atom is -0.296 e. The molecule has 2 aromatic carbocycles. The summed E-state index contributed by atoms with van der Waals surface area (Å²) in [5.41, 5.74) is 1.06. The third-order valence-electron chi connectivity index (χ3n) is 4.63. The summed E-state index contributed by atoms with van der Waals surface area (Å²) in [4.78, 5) is 12.4. The molecule has 0 saturated carbocycles. The van der Waals surface area contributed by atoms with Crippen LogP contribution in [0.15, 0.2) is 47.4 Å². The highest BCUT2D eigenvalue weighted by atomic mass is 32.2. The Morgan fingerprint density at radius 3 is 2.44 bits per heavy atom. The number of halogens is 1. The average molecular weight is 393 g/mol. The summed E-state index contributed by atoms with van der Waals surface area (Å²) >= 11 is 0. The molecule has 9 heteroatoms. The fraction of sp³-hybridized carbons (Fsp3) is 0.333. The minimum absolute atomic E-state index is 0.0321. The summed E-state index contributed by atoms with van der Waals surface area (Å²) in [6.45, 7) is 3.73. The molecule has 3 rings (SSSR count). The van der Waals surface area contributed by atoms with Gasteiger partial charge in [0.05, 0.1) is 9.82 Å². The lowest BCUT2D eigenvalue weighted by Crippen LogP contribution is -2.48. The first-order chi connectivity index (χ1) is 12.8. The second-order valence-electron chi connectivity index (χ2n) is 6.52. The van der Waals surface area contributed by atoms with Gasteiger partial charge < -0.3 is 0 Å². The predicted octanol–water partition coefficient (Wildman–Crippen LogP) is 2.55. The van der Waals surface area contributed by atoms with Gasteiger partial charge in [-0.05, 0) is 30.2 Å². The molecule has 0 radical (unpaired) electrons. The Balaban J connectivity index is 1.71. The van der Waals surface area contributed by atoms with E-state index in [1.54, 1.807) is 13.0 Å². The molecule has 0 bridgehead atoms. The van der Waals surface area contributed by atoms with E-state index in [0.29, 0.717) is 25.2 Å². The maximum absolute atomic E-state index is 13.3.